The fourth-order valence-electron chi connectivity index (χ4n) is 10.7. The molecule has 0 radical (unpaired) electrons. The number of esters is 1. The number of nitrogens with one attached hydrogen (secondary N) is 1. The Balaban J connectivity index is 3.34. The van der Waals surface area contributed by atoms with E-state index in [2.05, 4.69) is 43.5 Å². The van der Waals surface area contributed by atoms with E-state index in [1.165, 1.54) is 302 Å². The quantitative estimate of drug-likeness (QED) is 0.0320. The average Bonchev–Trinajstić information content (AvgIpc) is 3.41. The molecule has 0 rings (SSSR count). The maximum Gasteiger partial charge on any atom is 0.305 e. The molecule has 0 aromatic heterocycles. The van der Waals surface area contributed by atoms with Crippen molar-refractivity contribution in [2.45, 2.75) is 392 Å². The van der Waals surface area contributed by atoms with Crippen molar-refractivity contribution in [3.63, 3.8) is 0 Å². The molecule has 75 heavy (non-hydrogen) atoms. The minimum atomic E-state index is -0.661. The zero-order valence-corrected chi connectivity index (χ0v) is 50.8. The maximum absolute atomic E-state index is 12.5. The summed E-state index contributed by atoms with van der Waals surface area (Å²) < 4.78 is 5.47. The first-order chi connectivity index (χ1) is 37.0. The molecule has 0 saturated carbocycles. The first-order valence-electron chi connectivity index (χ1n) is 34.1. The number of unbranched alkanes of at least 4 members (excludes halogenated alkanes) is 49. The molecule has 6 nitrogen and oxygen atoms in total. The minimum absolute atomic E-state index is 0.00844. The number of rotatable bonds is 64. The first kappa shape index (κ1) is 73.3. The Bertz CT molecular complexity index is 1170. The maximum atomic E-state index is 12.5. The molecular formula is C69H133NO5. The van der Waals surface area contributed by atoms with Crippen LogP contribution in [-0.2, 0) is 14.3 Å². The summed E-state index contributed by atoms with van der Waals surface area (Å²) in [7, 11) is 0. The number of ether oxygens (including phenoxy) is 1. The Hall–Kier alpha value is -1.66. The Morgan fingerprint density at radius 2 is 0.627 bits per heavy atom. The van der Waals surface area contributed by atoms with Crippen LogP contribution in [0.3, 0.4) is 0 Å². The van der Waals surface area contributed by atoms with E-state index < -0.39 is 12.1 Å². The van der Waals surface area contributed by atoms with Crippen molar-refractivity contribution in [3.8, 4) is 0 Å². The molecule has 0 bridgehead atoms. The van der Waals surface area contributed by atoms with Crippen molar-refractivity contribution in [3.05, 3.63) is 24.3 Å². The number of aliphatic hydroxyl groups is 2. The molecule has 1 amide bonds. The monoisotopic (exact) mass is 1060 g/mol. The number of hydrogen-bond donors (Lipinski definition) is 3. The molecule has 0 aromatic rings. The van der Waals surface area contributed by atoms with Crippen molar-refractivity contribution in [2.24, 2.45) is 0 Å². The molecule has 0 fully saturated rings. The summed E-state index contributed by atoms with van der Waals surface area (Å²) in [6.07, 6.45) is 80.8. The fraction of sp³-hybridized carbons (Fsp3) is 0.913. The summed E-state index contributed by atoms with van der Waals surface area (Å²) in [6.45, 7) is 4.95. The molecule has 3 N–H and O–H groups in total. The third kappa shape index (κ3) is 61.4. The lowest BCUT2D eigenvalue weighted by atomic mass is 10.0. The van der Waals surface area contributed by atoms with Gasteiger partial charge in [0.15, 0.2) is 0 Å². The molecule has 0 spiro atoms. The van der Waals surface area contributed by atoms with Crippen LogP contribution in [0.4, 0.5) is 0 Å². The Labute approximate surface area is 469 Å². The average molecular weight is 1060 g/mol. The number of amides is 1. The number of aliphatic hydroxyl groups excluding tert-OH is 2. The van der Waals surface area contributed by atoms with Crippen molar-refractivity contribution >= 4 is 11.9 Å². The molecular weight excluding hydrogens is 923 g/mol. The van der Waals surface area contributed by atoms with E-state index >= 15 is 0 Å². The summed E-state index contributed by atoms with van der Waals surface area (Å²) in [6, 6.07) is -0.538. The van der Waals surface area contributed by atoms with Crippen LogP contribution in [0.15, 0.2) is 24.3 Å². The van der Waals surface area contributed by atoms with Crippen molar-refractivity contribution < 1.29 is 24.5 Å². The Kier molecular flexibility index (Phi) is 63.4. The summed E-state index contributed by atoms with van der Waals surface area (Å²) in [5, 5.41) is 23.3. The largest absolute Gasteiger partial charge is 0.466 e. The number of carbonyl (C=O) groups excluding carboxylic acids is 2. The summed E-state index contributed by atoms with van der Waals surface area (Å²) in [5.74, 6) is -0.0216. The van der Waals surface area contributed by atoms with Crippen LogP contribution < -0.4 is 5.32 Å². The predicted octanol–water partition coefficient (Wildman–Crippen LogP) is 21.8. The van der Waals surface area contributed by atoms with Crippen LogP contribution in [0.25, 0.3) is 0 Å². The van der Waals surface area contributed by atoms with Gasteiger partial charge in [-0.3, -0.25) is 9.59 Å². The van der Waals surface area contributed by atoms with Crippen LogP contribution >= 0.6 is 0 Å². The Morgan fingerprint density at radius 3 is 0.973 bits per heavy atom. The van der Waals surface area contributed by atoms with Gasteiger partial charge in [-0.05, 0) is 77.0 Å². The van der Waals surface area contributed by atoms with Crippen LogP contribution in [0, 0.1) is 0 Å². The molecule has 0 aliphatic carbocycles. The zero-order valence-electron chi connectivity index (χ0n) is 50.8. The molecule has 0 heterocycles. The number of allylic oxidation sites excluding steroid dienone is 4. The Morgan fingerprint density at radius 1 is 0.360 bits per heavy atom. The highest BCUT2D eigenvalue weighted by Crippen LogP contribution is 2.18. The molecule has 2 atom stereocenters. The van der Waals surface area contributed by atoms with Gasteiger partial charge in [-0.15, -0.1) is 0 Å². The normalized spacial score (nSPS) is 12.6. The van der Waals surface area contributed by atoms with Crippen molar-refractivity contribution in [1.82, 2.24) is 5.32 Å². The van der Waals surface area contributed by atoms with Gasteiger partial charge in [0.2, 0.25) is 5.91 Å². The number of carbonyl (C=O) groups is 2. The van der Waals surface area contributed by atoms with Crippen LogP contribution in [0.5, 0.6) is 0 Å². The highest BCUT2D eigenvalue weighted by atomic mass is 16.5. The van der Waals surface area contributed by atoms with Gasteiger partial charge in [0.25, 0.3) is 0 Å². The highest BCUT2D eigenvalue weighted by molar-refractivity contribution is 5.76. The smallest absolute Gasteiger partial charge is 0.305 e. The van der Waals surface area contributed by atoms with Gasteiger partial charge in [0.1, 0.15) is 0 Å². The second-order valence-corrected chi connectivity index (χ2v) is 23.5. The predicted molar refractivity (Wildman–Crippen MR) is 329 cm³/mol. The molecule has 0 aromatic carbocycles. The molecule has 6 heteroatoms. The lowest BCUT2D eigenvalue weighted by molar-refractivity contribution is -0.143. The SMILES string of the molecule is CCCCC/C=C\CCCCCCCC(=O)OCCCCCCCCCCCCCC/C=C\CCCCCCCCCCCCCCCCCCC(=O)NC(CO)C(O)CCCCCCCCCCCCCCCC. The first-order valence-corrected chi connectivity index (χ1v) is 34.1. The molecule has 0 aliphatic heterocycles. The van der Waals surface area contributed by atoms with E-state index in [4.69, 9.17) is 4.74 Å². The van der Waals surface area contributed by atoms with E-state index in [-0.39, 0.29) is 18.5 Å². The van der Waals surface area contributed by atoms with Gasteiger partial charge in [0, 0.05) is 12.8 Å². The van der Waals surface area contributed by atoms with E-state index in [1.807, 2.05) is 0 Å². The number of hydrogen-bond acceptors (Lipinski definition) is 5. The summed E-state index contributed by atoms with van der Waals surface area (Å²) >= 11 is 0. The third-order valence-electron chi connectivity index (χ3n) is 16.0. The minimum Gasteiger partial charge on any atom is -0.466 e. The zero-order chi connectivity index (χ0) is 54.3. The summed E-state index contributed by atoms with van der Waals surface area (Å²) in [4.78, 5) is 24.5. The van der Waals surface area contributed by atoms with E-state index in [0.29, 0.717) is 25.9 Å². The van der Waals surface area contributed by atoms with E-state index in [0.717, 1.165) is 44.9 Å². The molecule has 0 saturated heterocycles. The standard InChI is InChI=1S/C69H133NO5/c1-3-5-7-9-11-13-15-17-38-41-45-49-53-57-61-67(72)66(65-71)70-68(73)62-58-54-50-46-42-39-36-34-32-30-28-26-24-22-20-18-19-21-23-25-27-29-31-33-35-37-40-44-48-52-56-60-64-75-69(74)63-59-55-51-47-43-16-14-12-10-8-6-4-2/h12,14,21,23,66-67,71-72H,3-11,13,15-20,22,24-65H2,1-2H3,(H,70,73)/b14-12-,23-21-. The molecule has 0 aliphatic rings. The van der Waals surface area contributed by atoms with Gasteiger partial charge in [-0.1, -0.05) is 314 Å². The summed E-state index contributed by atoms with van der Waals surface area (Å²) in [5.41, 5.74) is 0. The second-order valence-electron chi connectivity index (χ2n) is 23.5. The fourth-order valence-corrected chi connectivity index (χ4v) is 10.7. The van der Waals surface area contributed by atoms with Crippen molar-refractivity contribution in [2.75, 3.05) is 13.2 Å². The highest BCUT2D eigenvalue weighted by Gasteiger charge is 2.20. The van der Waals surface area contributed by atoms with Gasteiger partial charge in [-0.25, -0.2) is 0 Å². The van der Waals surface area contributed by atoms with Gasteiger partial charge in [0.05, 0.1) is 25.4 Å². The van der Waals surface area contributed by atoms with Gasteiger partial charge < -0.3 is 20.3 Å². The molecule has 444 valence electrons. The molecule has 2 unspecified atom stereocenters. The topological polar surface area (TPSA) is 95.9 Å². The van der Waals surface area contributed by atoms with Crippen LogP contribution in [-0.4, -0.2) is 47.4 Å². The van der Waals surface area contributed by atoms with Crippen LogP contribution in [0.1, 0.15) is 380 Å². The lowest BCUT2D eigenvalue weighted by Gasteiger charge is -2.22. The third-order valence-corrected chi connectivity index (χ3v) is 16.0. The van der Waals surface area contributed by atoms with Crippen LogP contribution in [0.2, 0.25) is 0 Å². The second kappa shape index (κ2) is 64.9. The van der Waals surface area contributed by atoms with Gasteiger partial charge in [-0.2, -0.15) is 0 Å². The van der Waals surface area contributed by atoms with Crippen molar-refractivity contribution in [1.29, 1.82) is 0 Å². The van der Waals surface area contributed by atoms with E-state index in [9.17, 15) is 19.8 Å². The lowest BCUT2D eigenvalue weighted by Crippen LogP contribution is -2.45. The van der Waals surface area contributed by atoms with Gasteiger partial charge >= 0.3 is 5.97 Å². The van der Waals surface area contributed by atoms with E-state index in [1.54, 1.807) is 0 Å².